The van der Waals surface area contributed by atoms with Crippen molar-refractivity contribution >= 4 is 34.8 Å². The van der Waals surface area contributed by atoms with Crippen molar-refractivity contribution in [3.05, 3.63) is 191 Å². The number of benzene rings is 6. The third-order valence-corrected chi connectivity index (χ3v) is 7.38. The van der Waals surface area contributed by atoms with E-state index in [9.17, 15) is 19.2 Å². The number of anilines is 2. The Labute approximate surface area is 271 Å². The first kappa shape index (κ1) is 30.4. The standard InChI is InChI=1S/C40H28N2O5/c43-37(27-11-3-1-4-12-27)33-15-7-9-17-35(33)41-39(45)29-19-23-31(24-20-29)47-32-25-21-30(22-26-32)40(46)42-36-18-10-8-16-34(36)38(44)28-13-5-2-6-14-28/h1-26H,(H,41,45)(H,42,46). The van der Waals surface area contributed by atoms with Crippen LogP contribution < -0.4 is 15.4 Å². The van der Waals surface area contributed by atoms with E-state index in [1.54, 1.807) is 146 Å². The normalized spacial score (nSPS) is 10.5. The van der Waals surface area contributed by atoms with E-state index in [-0.39, 0.29) is 23.4 Å². The number of nitrogens with one attached hydrogen (secondary N) is 2. The highest BCUT2D eigenvalue weighted by Gasteiger charge is 2.17. The van der Waals surface area contributed by atoms with Crippen LogP contribution in [0.25, 0.3) is 0 Å². The van der Waals surface area contributed by atoms with Gasteiger partial charge in [-0.1, -0.05) is 84.9 Å². The maximum Gasteiger partial charge on any atom is 0.255 e. The van der Waals surface area contributed by atoms with Crippen LogP contribution in [0.15, 0.2) is 158 Å². The number of ether oxygens (including phenoxy) is 1. The topological polar surface area (TPSA) is 102 Å². The first-order valence-electron chi connectivity index (χ1n) is 14.8. The third kappa shape index (κ3) is 7.21. The predicted octanol–water partition coefficient (Wildman–Crippen LogP) is 8.45. The molecule has 0 aliphatic heterocycles. The summed E-state index contributed by atoms with van der Waals surface area (Å²) in [6.07, 6.45) is 0. The van der Waals surface area contributed by atoms with E-state index in [1.807, 2.05) is 12.1 Å². The molecule has 0 spiro atoms. The minimum atomic E-state index is -0.368. The molecule has 7 nitrogen and oxygen atoms in total. The molecule has 6 aromatic carbocycles. The molecule has 0 bridgehead atoms. The summed E-state index contributed by atoms with van der Waals surface area (Å²) in [5.41, 5.74) is 3.47. The highest BCUT2D eigenvalue weighted by Crippen LogP contribution is 2.25. The van der Waals surface area contributed by atoms with Crippen LogP contribution in [-0.4, -0.2) is 23.4 Å². The van der Waals surface area contributed by atoms with Crippen molar-refractivity contribution in [3.8, 4) is 11.5 Å². The molecule has 47 heavy (non-hydrogen) atoms. The molecular formula is C40H28N2O5. The monoisotopic (exact) mass is 616 g/mol. The molecular weight excluding hydrogens is 588 g/mol. The Kier molecular flexibility index (Phi) is 9.07. The highest BCUT2D eigenvalue weighted by atomic mass is 16.5. The lowest BCUT2D eigenvalue weighted by atomic mass is 10.0. The van der Waals surface area contributed by atoms with Gasteiger partial charge in [0.15, 0.2) is 11.6 Å². The molecule has 7 heteroatoms. The second-order valence-electron chi connectivity index (χ2n) is 10.5. The summed E-state index contributed by atoms with van der Waals surface area (Å²) >= 11 is 0. The average molecular weight is 617 g/mol. The van der Waals surface area contributed by atoms with Crippen LogP contribution in [0.5, 0.6) is 11.5 Å². The Hall–Kier alpha value is -6.60. The number of amides is 2. The zero-order valence-corrected chi connectivity index (χ0v) is 25.1. The first-order chi connectivity index (χ1) is 23.0. The maximum absolute atomic E-state index is 13.0. The van der Waals surface area contributed by atoms with E-state index in [1.165, 1.54) is 0 Å². The molecule has 0 aliphatic rings. The molecule has 0 radical (unpaired) electrons. The Morgan fingerprint density at radius 1 is 0.362 bits per heavy atom. The van der Waals surface area contributed by atoms with Gasteiger partial charge in [-0.05, 0) is 72.8 Å². The molecule has 0 unspecified atom stereocenters. The quantitative estimate of drug-likeness (QED) is 0.150. The lowest BCUT2D eigenvalue weighted by Crippen LogP contribution is -2.15. The van der Waals surface area contributed by atoms with Crippen molar-refractivity contribution in [3.63, 3.8) is 0 Å². The largest absolute Gasteiger partial charge is 0.457 e. The van der Waals surface area contributed by atoms with Gasteiger partial charge in [-0.25, -0.2) is 0 Å². The summed E-state index contributed by atoms with van der Waals surface area (Å²) in [5.74, 6) is -0.119. The lowest BCUT2D eigenvalue weighted by Gasteiger charge is -2.12. The van der Waals surface area contributed by atoms with E-state index in [0.29, 0.717) is 56.3 Å². The SMILES string of the molecule is O=C(Nc1ccccc1C(=O)c1ccccc1)c1ccc(Oc2ccc(C(=O)Nc3ccccc3C(=O)c3ccccc3)cc2)cc1. The van der Waals surface area contributed by atoms with Crippen molar-refractivity contribution in [1.82, 2.24) is 0 Å². The predicted molar refractivity (Wildman–Crippen MR) is 181 cm³/mol. The van der Waals surface area contributed by atoms with E-state index < -0.39 is 0 Å². The summed E-state index contributed by atoms with van der Waals surface area (Å²) in [5, 5.41) is 5.68. The van der Waals surface area contributed by atoms with Gasteiger partial charge in [0.2, 0.25) is 0 Å². The van der Waals surface area contributed by atoms with Gasteiger partial charge in [0.1, 0.15) is 11.5 Å². The molecule has 2 N–H and O–H groups in total. The van der Waals surface area contributed by atoms with Crippen LogP contribution in [0.2, 0.25) is 0 Å². The van der Waals surface area contributed by atoms with E-state index in [4.69, 9.17) is 4.74 Å². The van der Waals surface area contributed by atoms with Gasteiger partial charge in [-0.3, -0.25) is 19.2 Å². The summed E-state index contributed by atoms with van der Waals surface area (Å²) in [6, 6.07) is 44.7. The second-order valence-corrected chi connectivity index (χ2v) is 10.5. The lowest BCUT2D eigenvalue weighted by molar-refractivity contribution is 0.101. The molecule has 0 saturated carbocycles. The molecule has 6 rings (SSSR count). The summed E-state index contributed by atoms with van der Waals surface area (Å²) in [6.45, 7) is 0. The minimum absolute atomic E-state index is 0.184. The van der Waals surface area contributed by atoms with Crippen molar-refractivity contribution in [2.24, 2.45) is 0 Å². The Bertz CT molecular complexity index is 1910. The molecule has 0 atom stereocenters. The molecule has 0 aromatic heterocycles. The third-order valence-electron chi connectivity index (χ3n) is 7.38. The summed E-state index contributed by atoms with van der Waals surface area (Å²) < 4.78 is 5.93. The molecule has 6 aromatic rings. The van der Waals surface area contributed by atoms with Crippen molar-refractivity contribution in [1.29, 1.82) is 0 Å². The number of para-hydroxylation sites is 2. The molecule has 228 valence electrons. The van der Waals surface area contributed by atoms with Crippen LogP contribution in [-0.2, 0) is 0 Å². The van der Waals surface area contributed by atoms with Gasteiger partial charge >= 0.3 is 0 Å². The van der Waals surface area contributed by atoms with Crippen LogP contribution in [0.3, 0.4) is 0 Å². The van der Waals surface area contributed by atoms with E-state index in [2.05, 4.69) is 10.6 Å². The highest BCUT2D eigenvalue weighted by molar-refractivity contribution is 6.16. The number of hydrogen-bond donors (Lipinski definition) is 2. The summed E-state index contributed by atoms with van der Waals surface area (Å²) in [7, 11) is 0. The number of carbonyl (C=O) groups excluding carboxylic acids is 4. The molecule has 2 amide bonds. The van der Waals surface area contributed by atoms with Crippen LogP contribution in [0.4, 0.5) is 11.4 Å². The molecule has 0 fully saturated rings. The van der Waals surface area contributed by atoms with Crippen LogP contribution in [0.1, 0.15) is 52.6 Å². The fourth-order valence-corrected chi connectivity index (χ4v) is 4.94. The van der Waals surface area contributed by atoms with Gasteiger partial charge in [-0.15, -0.1) is 0 Å². The first-order valence-corrected chi connectivity index (χ1v) is 14.8. The van der Waals surface area contributed by atoms with Crippen molar-refractivity contribution in [2.75, 3.05) is 10.6 Å². The molecule has 0 saturated heterocycles. The maximum atomic E-state index is 13.0. The van der Waals surface area contributed by atoms with Gasteiger partial charge in [0.05, 0.1) is 11.4 Å². The Morgan fingerprint density at radius 3 is 1.09 bits per heavy atom. The number of carbonyl (C=O) groups is 4. The van der Waals surface area contributed by atoms with E-state index in [0.717, 1.165) is 0 Å². The van der Waals surface area contributed by atoms with Crippen LogP contribution in [0, 0.1) is 0 Å². The van der Waals surface area contributed by atoms with Gasteiger partial charge in [0, 0.05) is 33.4 Å². The number of rotatable bonds is 10. The average Bonchev–Trinajstić information content (AvgIpc) is 3.13. The minimum Gasteiger partial charge on any atom is -0.457 e. The van der Waals surface area contributed by atoms with Gasteiger partial charge in [0.25, 0.3) is 11.8 Å². The van der Waals surface area contributed by atoms with Gasteiger partial charge in [-0.2, -0.15) is 0 Å². The Balaban J connectivity index is 1.08. The molecule has 0 heterocycles. The Morgan fingerprint density at radius 2 is 0.702 bits per heavy atom. The van der Waals surface area contributed by atoms with Crippen LogP contribution >= 0.6 is 0 Å². The zero-order chi connectivity index (χ0) is 32.6. The zero-order valence-electron chi connectivity index (χ0n) is 25.1. The fraction of sp³-hybridized carbons (Fsp3) is 0. The number of hydrogen-bond acceptors (Lipinski definition) is 5. The second kappa shape index (κ2) is 14.0. The molecule has 0 aliphatic carbocycles. The van der Waals surface area contributed by atoms with Crippen molar-refractivity contribution in [2.45, 2.75) is 0 Å². The fourth-order valence-electron chi connectivity index (χ4n) is 4.94. The number of ketones is 2. The summed E-state index contributed by atoms with van der Waals surface area (Å²) in [4.78, 5) is 52.1. The van der Waals surface area contributed by atoms with Crippen molar-refractivity contribution < 1.29 is 23.9 Å². The van der Waals surface area contributed by atoms with E-state index >= 15 is 0 Å². The van der Waals surface area contributed by atoms with Gasteiger partial charge < -0.3 is 15.4 Å². The smallest absolute Gasteiger partial charge is 0.255 e.